The van der Waals surface area contributed by atoms with Crippen LogP contribution in [0.2, 0.25) is 0 Å². The molecule has 0 aliphatic carbocycles. The molecule has 0 fully saturated rings. The monoisotopic (exact) mass is 451 g/mol. The van der Waals surface area contributed by atoms with Crippen molar-refractivity contribution in [2.24, 2.45) is 0 Å². The summed E-state index contributed by atoms with van der Waals surface area (Å²) in [4.78, 5) is 0.210. The van der Waals surface area contributed by atoms with Gasteiger partial charge in [-0.2, -0.15) is 0 Å². The predicted molar refractivity (Wildman–Crippen MR) is 122 cm³/mol. The minimum atomic E-state index is -3.63. The number of nitrogens with one attached hydrogen (secondary N) is 1. The number of aryl methyl sites for hydroxylation is 2. The maximum atomic E-state index is 12.4. The number of sulfonamides is 1. The summed E-state index contributed by atoms with van der Waals surface area (Å²) in [7, 11) is -3.63. The van der Waals surface area contributed by atoms with Crippen LogP contribution in [0.5, 0.6) is 0 Å². The quantitative estimate of drug-likeness (QED) is 0.376. The van der Waals surface area contributed by atoms with E-state index in [0.29, 0.717) is 22.4 Å². The zero-order valence-electron chi connectivity index (χ0n) is 17.1. The lowest BCUT2D eigenvalue weighted by molar-refractivity contribution is 0.466. The van der Waals surface area contributed by atoms with Crippen LogP contribution in [0, 0.1) is 13.8 Å². The highest BCUT2D eigenvalue weighted by atomic mass is 32.2. The van der Waals surface area contributed by atoms with E-state index in [1.165, 1.54) is 28.5 Å². The molecule has 6 nitrogen and oxygen atoms in total. The van der Waals surface area contributed by atoms with Gasteiger partial charge in [0.15, 0.2) is 0 Å². The van der Waals surface area contributed by atoms with Gasteiger partial charge in [-0.3, -0.25) is 4.72 Å². The third kappa shape index (κ3) is 5.15. The molecule has 1 N–H and O–H groups in total. The van der Waals surface area contributed by atoms with Gasteiger partial charge in [-0.25, -0.2) is 8.42 Å². The Bertz CT molecular complexity index is 1290. The molecular formula is C23H21N3O3S2. The highest BCUT2D eigenvalue weighted by Crippen LogP contribution is 2.28. The number of anilines is 1. The number of hydrogen-bond donors (Lipinski definition) is 1. The number of rotatable bonds is 7. The van der Waals surface area contributed by atoms with E-state index in [1.54, 1.807) is 54.6 Å². The molecule has 0 amide bonds. The average Bonchev–Trinajstić information content (AvgIpc) is 3.24. The Morgan fingerprint density at radius 2 is 1.68 bits per heavy atom. The van der Waals surface area contributed by atoms with Gasteiger partial charge in [0.05, 0.1) is 4.90 Å². The lowest BCUT2D eigenvalue weighted by atomic mass is 10.1. The van der Waals surface area contributed by atoms with E-state index < -0.39 is 10.0 Å². The summed E-state index contributed by atoms with van der Waals surface area (Å²) in [5.41, 5.74) is 4.85. The van der Waals surface area contributed by atoms with E-state index in [4.69, 9.17) is 4.42 Å². The van der Waals surface area contributed by atoms with Crippen LogP contribution in [0.3, 0.4) is 0 Å². The number of aromatic nitrogens is 2. The number of benzene rings is 3. The van der Waals surface area contributed by atoms with Crippen LogP contribution in [0.15, 0.2) is 87.3 Å². The van der Waals surface area contributed by atoms with Crippen molar-refractivity contribution in [1.29, 1.82) is 0 Å². The Labute approximate surface area is 185 Å². The van der Waals surface area contributed by atoms with E-state index in [9.17, 15) is 8.42 Å². The molecule has 4 rings (SSSR count). The van der Waals surface area contributed by atoms with E-state index in [1.807, 2.05) is 0 Å². The fraction of sp³-hybridized carbons (Fsp3) is 0.130. The van der Waals surface area contributed by atoms with Crippen molar-refractivity contribution in [2.45, 2.75) is 29.7 Å². The zero-order chi connectivity index (χ0) is 21.8. The number of nitrogens with zero attached hydrogens (tertiary/aromatic N) is 2. The van der Waals surface area contributed by atoms with Crippen molar-refractivity contribution in [3.8, 4) is 11.5 Å². The molecule has 0 saturated carbocycles. The fourth-order valence-corrected chi connectivity index (χ4v) is 4.88. The summed E-state index contributed by atoms with van der Waals surface area (Å²) in [6.45, 7) is 4.16. The molecule has 1 heterocycles. The molecule has 0 aliphatic heterocycles. The molecule has 0 spiro atoms. The average molecular weight is 452 g/mol. The Balaban J connectivity index is 1.43. The first-order chi connectivity index (χ1) is 14.9. The molecule has 0 unspecified atom stereocenters. The van der Waals surface area contributed by atoms with Crippen molar-refractivity contribution in [3.63, 3.8) is 0 Å². The van der Waals surface area contributed by atoms with Gasteiger partial charge in [-0.1, -0.05) is 53.7 Å². The highest BCUT2D eigenvalue weighted by Gasteiger charge is 2.14. The normalized spacial score (nSPS) is 11.4. The van der Waals surface area contributed by atoms with Crippen molar-refractivity contribution in [2.75, 3.05) is 4.72 Å². The van der Waals surface area contributed by atoms with E-state index in [-0.39, 0.29) is 4.90 Å². The van der Waals surface area contributed by atoms with Gasteiger partial charge in [0.1, 0.15) is 0 Å². The third-order valence-electron chi connectivity index (χ3n) is 4.70. The SMILES string of the molecule is Cc1ccc(C)c(CSc2nnc(-c3ccc(NS(=O)(=O)c4ccccc4)cc3)o2)c1. The minimum Gasteiger partial charge on any atom is -0.411 e. The third-order valence-corrected chi connectivity index (χ3v) is 6.96. The molecule has 1 aromatic heterocycles. The van der Waals surface area contributed by atoms with Crippen LogP contribution in [0.25, 0.3) is 11.5 Å². The largest absolute Gasteiger partial charge is 0.411 e. The Morgan fingerprint density at radius 3 is 2.42 bits per heavy atom. The van der Waals surface area contributed by atoms with Crippen LogP contribution < -0.4 is 4.72 Å². The predicted octanol–water partition coefficient (Wildman–Crippen LogP) is 5.45. The van der Waals surface area contributed by atoms with Crippen molar-refractivity contribution in [1.82, 2.24) is 10.2 Å². The Hall–Kier alpha value is -3.10. The standard InChI is InChI=1S/C23H21N3O3S2/c1-16-8-9-17(2)19(14-16)15-30-23-25-24-22(29-23)18-10-12-20(13-11-18)26-31(27,28)21-6-4-3-5-7-21/h3-14,26H,15H2,1-2H3. The molecule has 31 heavy (non-hydrogen) atoms. The molecule has 0 radical (unpaired) electrons. The second-order valence-corrected chi connectivity index (χ2v) is 9.70. The minimum absolute atomic E-state index is 0.210. The summed E-state index contributed by atoms with van der Waals surface area (Å²) in [5, 5.41) is 8.72. The smallest absolute Gasteiger partial charge is 0.277 e. The molecule has 0 bridgehead atoms. The summed E-state index contributed by atoms with van der Waals surface area (Å²) in [5.74, 6) is 1.14. The maximum Gasteiger partial charge on any atom is 0.277 e. The lowest BCUT2D eigenvalue weighted by Crippen LogP contribution is -2.12. The van der Waals surface area contributed by atoms with Gasteiger partial charge >= 0.3 is 0 Å². The summed E-state index contributed by atoms with van der Waals surface area (Å²) < 4.78 is 33.2. The summed E-state index contributed by atoms with van der Waals surface area (Å²) >= 11 is 1.49. The topological polar surface area (TPSA) is 85.1 Å². The highest BCUT2D eigenvalue weighted by molar-refractivity contribution is 7.98. The van der Waals surface area contributed by atoms with E-state index in [2.05, 4.69) is 47.0 Å². The summed E-state index contributed by atoms with van der Waals surface area (Å²) in [6.07, 6.45) is 0. The zero-order valence-corrected chi connectivity index (χ0v) is 18.7. The molecule has 158 valence electrons. The van der Waals surface area contributed by atoms with Gasteiger partial charge in [0.25, 0.3) is 15.2 Å². The molecule has 0 aliphatic rings. The van der Waals surface area contributed by atoms with Crippen molar-refractivity contribution >= 4 is 27.5 Å². The Kier molecular flexibility index (Phi) is 6.11. The maximum absolute atomic E-state index is 12.4. The van der Waals surface area contributed by atoms with Gasteiger partial charge in [-0.15, -0.1) is 10.2 Å². The molecule has 0 saturated heterocycles. The van der Waals surface area contributed by atoms with Crippen LogP contribution >= 0.6 is 11.8 Å². The summed E-state index contributed by atoms with van der Waals surface area (Å²) in [6, 6.07) is 21.4. The van der Waals surface area contributed by atoms with E-state index >= 15 is 0 Å². The van der Waals surface area contributed by atoms with Gasteiger partial charge in [-0.05, 0) is 61.4 Å². The molecule has 8 heteroatoms. The Morgan fingerprint density at radius 1 is 0.935 bits per heavy atom. The van der Waals surface area contributed by atoms with Gasteiger partial charge in [0, 0.05) is 17.0 Å². The first-order valence-corrected chi connectivity index (χ1v) is 12.1. The second kappa shape index (κ2) is 8.95. The first-order valence-electron chi connectivity index (χ1n) is 9.61. The number of thioether (sulfide) groups is 1. The van der Waals surface area contributed by atoms with E-state index in [0.717, 1.165) is 5.75 Å². The van der Waals surface area contributed by atoms with Gasteiger partial charge in [0.2, 0.25) is 5.89 Å². The molecule has 3 aromatic carbocycles. The van der Waals surface area contributed by atoms with Crippen LogP contribution in [-0.4, -0.2) is 18.6 Å². The first kappa shape index (κ1) is 21.1. The lowest BCUT2D eigenvalue weighted by Gasteiger charge is -2.08. The number of hydrogen-bond acceptors (Lipinski definition) is 6. The van der Waals surface area contributed by atoms with Crippen LogP contribution in [0.1, 0.15) is 16.7 Å². The molecular weight excluding hydrogens is 430 g/mol. The molecule has 0 atom stereocenters. The van der Waals surface area contributed by atoms with Crippen molar-refractivity contribution in [3.05, 3.63) is 89.5 Å². The fourth-order valence-electron chi connectivity index (χ4n) is 2.97. The molecule has 4 aromatic rings. The van der Waals surface area contributed by atoms with Crippen molar-refractivity contribution < 1.29 is 12.8 Å². The second-order valence-electron chi connectivity index (χ2n) is 7.09. The van der Waals surface area contributed by atoms with Crippen LogP contribution in [0.4, 0.5) is 5.69 Å². The van der Waals surface area contributed by atoms with Gasteiger partial charge < -0.3 is 4.42 Å². The van der Waals surface area contributed by atoms with Crippen LogP contribution in [-0.2, 0) is 15.8 Å².